The van der Waals surface area contributed by atoms with Gasteiger partial charge in [-0.2, -0.15) is 0 Å². The Morgan fingerprint density at radius 1 is 0.821 bits per heavy atom. The van der Waals surface area contributed by atoms with E-state index in [4.69, 9.17) is 4.74 Å². The Morgan fingerprint density at radius 3 is 1.57 bits per heavy atom. The summed E-state index contributed by atoms with van der Waals surface area (Å²) in [6.07, 6.45) is 10.7. The minimum absolute atomic E-state index is 0. The number of nitrogens with zero attached hydrogens (tertiary/aromatic N) is 1. The van der Waals surface area contributed by atoms with Gasteiger partial charge in [-0.25, -0.2) is 0 Å². The lowest BCUT2D eigenvalue weighted by atomic mass is 10.00. The summed E-state index contributed by atoms with van der Waals surface area (Å²) in [5.74, 6) is 0. The van der Waals surface area contributed by atoms with E-state index in [1.165, 1.54) is 11.1 Å². The van der Waals surface area contributed by atoms with Crippen molar-refractivity contribution >= 4 is 0 Å². The molecule has 3 rings (SSSR count). The van der Waals surface area contributed by atoms with Crippen LogP contribution in [0.5, 0.6) is 0 Å². The van der Waals surface area contributed by atoms with Crippen LogP contribution in [0, 0.1) is 12.8 Å². The van der Waals surface area contributed by atoms with Crippen LogP contribution in [0.4, 0.5) is 0 Å². The molecule has 158 valence electrons. The van der Waals surface area contributed by atoms with Crippen LogP contribution in [0.1, 0.15) is 37.0 Å². The first kappa shape index (κ1) is 30.5. The van der Waals surface area contributed by atoms with Crippen LogP contribution in [0.3, 0.4) is 0 Å². The number of terminal acetylenes is 1. The molecule has 0 bridgehead atoms. The standard InChI is InChI=1S/C20H25NO.C2H2.4H2O/c1-2-21-15-13-19(14-16-21)22-20(17-9-5-3-6-10-17)18-11-7-4-8-12-18;1-2;;;;/h3-12,19-20H,2,13-16H2,1H3;1-2H;4*1H2. The highest BCUT2D eigenvalue weighted by Gasteiger charge is 2.23. The molecule has 6 nitrogen and oxygen atoms in total. The van der Waals surface area contributed by atoms with Crippen LogP contribution in [-0.4, -0.2) is 52.5 Å². The Labute approximate surface area is 168 Å². The summed E-state index contributed by atoms with van der Waals surface area (Å²) in [6.45, 7) is 5.68. The maximum atomic E-state index is 6.53. The Bertz CT molecular complexity index is 559. The minimum atomic E-state index is 0. The number of ether oxygens (including phenoxy) is 1. The van der Waals surface area contributed by atoms with Gasteiger partial charge in [0.05, 0.1) is 6.10 Å². The second-order valence-corrected chi connectivity index (χ2v) is 5.97. The molecule has 0 unspecified atom stereocenters. The van der Waals surface area contributed by atoms with Crippen molar-refractivity contribution in [1.82, 2.24) is 4.90 Å². The molecule has 0 aliphatic carbocycles. The molecule has 8 N–H and O–H groups in total. The Kier molecular flexibility index (Phi) is 18.4. The summed E-state index contributed by atoms with van der Waals surface area (Å²) in [7, 11) is 0. The van der Waals surface area contributed by atoms with Gasteiger partial charge in [-0.3, -0.25) is 0 Å². The fourth-order valence-electron chi connectivity index (χ4n) is 3.16. The van der Waals surface area contributed by atoms with E-state index in [0.717, 1.165) is 32.5 Å². The van der Waals surface area contributed by atoms with Crippen LogP contribution in [0.25, 0.3) is 0 Å². The first-order chi connectivity index (χ1) is 11.9. The molecule has 1 aliphatic heterocycles. The molecule has 1 heterocycles. The quantitative estimate of drug-likeness (QED) is 0.705. The van der Waals surface area contributed by atoms with E-state index in [1.807, 2.05) is 0 Å². The highest BCUT2D eigenvalue weighted by molar-refractivity contribution is 5.30. The van der Waals surface area contributed by atoms with Crippen molar-refractivity contribution < 1.29 is 26.6 Å². The minimum Gasteiger partial charge on any atom is -0.412 e. The third-order valence-corrected chi connectivity index (χ3v) is 4.51. The number of piperidine rings is 1. The first-order valence-electron chi connectivity index (χ1n) is 8.68. The third-order valence-electron chi connectivity index (χ3n) is 4.51. The molecular weight excluding hydrogens is 358 g/mol. The molecule has 0 radical (unpaired) electrons. The normalized spacial score (nSPS) is 13.4. The second-order valence-electron chi connectivity index (χ2n) is 5.97. The summed E-state index contributed by atoms with van der Waals surface area (Å²) in [5, 5.41) is 0. The summed E-state index contributed by atoms with van der Waals surface area (Å²) in [5.41, 5.74) is 2.48. The molecular formula is C22H35NO5. The Balaban J connectivity index is -0.00000101. The second kappa shape index (κ2) is 16.9. The van der Waals surface area contributed by atoms with Gasteiger partial charge in [0.2, 0.25) is 0 Å². The zero-order valence-corrected chi connectivity index (χ0v) is 16.5. The summed E-state index contributed by atoms with van der Waals surface area (Å²) >= 11 is 0. The molecule has 6 heteroatoms. The zero-order chi connectivity index (χ0) is 17.2. The predicted octanol–water partition coefficient (Wildman–Crippen LogP) is 1.23. The summed E-state index contributed by atoms with van der Waals surface area (Å²) < 4.78 is 6.53. The van der Waals surface area contributed by atoms with Gasteiger partial charge in [0.15, 0.2) is 0 Å². The zero-order valence-electron chi connectivity index (χ0n) is 16.5. The lowest BCUT2D eigenvalue weighted by Crippen LogP contribution is -2.37. The van der Waals surface area contributed by atoms with Crippen molar-refractivity contribution in [3.8, 4) is 12.8 Å². The topological polar surface area (TPSA) is 138 Å². The predicted molar refractivity (Wildman–Crippen MR) is 115 cm³/mol. The van der Waals surface area contributed by atoms with Crippen LogP contribution in [-0.2, 0) is 4.74 Å². The van der Waals surface area contributed by atoms with E-state index in [9.17, 15) is 0 Å². The van der Waals surface area contributed by atoms with Gasteiger partial charge in [-0.15, -0.1) is 12.8 Å². The van der Waals surface area contributed by atoms with Crippen molar-refractivity contribution in [3.63, 3.8) is 0 Å². The van der Waals surface area contributed by atoms with Crippen LogP contribution >= 0.6 is 0 Å². The maximum absolute atomic E-state index is 6.53. The van der Waals surface area contributed by atoms with Gasteiger partial charge in [0, 0.05) is 13.1 Å². The van der Waals surface area contributed by atoms with E-state index < -0.39 is 0 Å². The molecule has 28 heavy (non-hydrogen) atoms. The fraction of sp³-hybridized carbons (Fsp3) is 0.364. The smallest absolute Gasteiger partial charge is 0.108 e. The third kappa shape index (κ3) is 8.63. The van der Waals surface area contributed by atoms with E-state index in [-0.39, 0.29) is 28.0 Å². The monoisotopic (exact) mass is 393 g/mol. The highest BCUT2D eigenvalue weighted by Crippen LogP contribution is 2.29. The maximum Gasteiger partial charge on any atom is 0.108 e. The molecule has 2 aromatic rings. The number of rotatable bonds is 5. The molecule has 2 aromatic carbocycles. The molecule has 1 aliphatic rings. The van der Waals surface area contributed by atoms with E-state index >= 15 is 0 Å². The SMILES string of the molecule is C#C.CCN1CCC(OC(c2ccccc2)c2ccccc2)CC1.O.O.O.O. The Hall–Kier alpha value is -2.24. The van der Waals surface area contributed by atoms with Gasteiger partial charge in [-0.1, -0.05) is 67.6 Å². The molecule has 0 spiro atoms. The van der Waals surface area contributed by atoms with Gasteiger partial charge < -0.3 is 31.5 Å². The van der Waals surface area contributed by atoms with Gasteiger partial charge >= 0.3 is 0 Å². The van der Waals surface area contributed by atoms with Gasteiger partial charge in [-0.05, 0) is 30.5 Å². The molecule has 0 saturated carbocycles. The average Bonchev–Trinajstić information content (AvgIpc) is 2.69. The average molecular weight is 394 g/mol. The summed E-state index contributed by atoms with van der Waals surface area (Å²) in [4.78, 5) is 2.50. The molecule has 0 aromatic heterocycles. The Morgan fingerprint density at radius 2 is 1.21 bits per heavy atom. The van der Waals surface area contributed by atoms with Crippen molar-refractivity contribution in [2.75, 3.05) is 19.6 Å². The van der Waals surface area contributed by atoms with Crippen LogP contribution < -0.4 is 0 Å². The highest BCUT2D eigenvalue weighted by atomic mass is 16.5. The number of benzene rings is 2. The fourth-order valence-corrected chi connectivity index (χ4v) is 3.16. The number of hydrogen-bond acceptors (Lipinski definition) is 2. The summed E-state index contributed by atoms with van der Waals surface area (Å²) in [6, 6.07) is 21.2. The largest absolute Gasteiger partial charge is 0.412 e. The first-order valence-corrected chi connectivity index (χ1v) is 8.68. The van der Waals surface area contributed by atoms with Crippen LogP contribution in [0.2, 0.25) is 0 Å². The van der Waals surface area contributed by atoms with E-state index in [2.05, 4.69) is 85.3 Å². The molecule has 0 amide bonds. The van der Waals surface area contributed by atoms with Crippen molar-refractivity contribution in [2.45, 2.75) is 32.0 Å². The van der Waals surface area contributed by atoms with Crippen molar-refractivity contribution in [2.24, 2.45) is 0 Å². The molecule has 1 fully saturated rings. The molecule has 1 saturated heterocycles. The van der Waals surface area contributed by atoms with Crippen molar-refractivity contribution in [3.05, 3.63) is 71.8 Å². The number of hydrogen-bond donors (Lipinski definition) is 0. The van der Waals surface area contributed by atoms with Gasteiger partial charge in [0.1, 0.15) is 6.10 Å². The van der Waals surface area contributed by atoms with Crippen LogP contribution in [0.15, 0.2) is 60.7 Å². The lowest BCUT2D eigenvalue weighted by molar-refractivity contribution is -0.0262. The van der Waals surface area contributed by atoms with E-state index in [1.54, 1.807) is 0 Å². The number of likely N-dealkylation sites (tertiary alicyclic amines) is 1. The lowest BCUT2D eigenvalue weighted by Gasteiger charge is -2.33. The molecule has 0 atom stereocenters. The van der Waals surface area contributed by atoms with Crippen molar-refractivity contribution in [1.29, 1.82) is 0 Å². The van der Waals surface area contributed by atoms with E-state index in [0.29, 0.717) is 6.10 Å². The van der Waals surface area contributed by atoms with Gasteiger partial charge in [0.25, 0.3) is 0 Å².